The van der Waals surface area contributed by atoms with Gasteiger partial charge in [-0.25, -0.2) is 0 Å². The summed E-state index contributed by atoms with van der Waals surface area (Å²) in [5, 5.41) is 3.38. The fraction of sp³-hybridized carbons (Fsp3) is 0.130. The number of hydrogen-bond donors (Lipinski definition) is 2. The molecule has 0 fully saturated rings. The predicted octanol–water partition coefficient (Wildman–Crippen LogP) is 4.65. The Morgan fingerprint density at radius 2 is 1.68 bits per heavy atom. The molecule has 3 aromatic rings. The van der Waals surface area contributed by atoms with Crippen LogP contribution in [-0.2, 0) is 17.6 Å². The quantitative estimate of drug-likeness (QED) is 0.624. The predicted molar refractivity (Wildman–Crippen MR) is 114 cm³/mol. The second kappa shape index (κ2) is 7.82. The highest BCUT2D eigenvalue weighted by molar-refractivity contribution is 7.17. The van der Waals surface area contributed by atoms with E-state index in [0.717, 1.165) is 46.4 Å². The van der Waals surface area contributed by atoms with Crippen molar-refractivity contribution in [3.8, 4) is 11.1 Å². The second-order valence-corrected chi connectivity index (χ2v) is 7.84. The average Bonchev–Trinajstić information content (AvgIpc) is 3.28. The Kier molecular flexibility index (Phi) is 5.08. The molecule has 0 saturated carbocycles. The minimum atomic E-state index is -0.477. The van der Waals surface area contributed by atoms with Gasteiger partial charge in [-0.1, -0.05) is 54.6 Å². The molecular formula is C23H20N2O2S. The number of benzene rings is 2. The summed E-state index contributed by atoms with van der Waals surface area (Å²) in [6.07, 6.45) is 6.07. The minimum absolute atomic E-state index is 0.269. The summed E-state index contributed by atoms with van der Waals surface area (Å²) in [5.41, 5.74) is 10.2. The van der Waals surface area contributed by atoms with Crippen LogP contribution in [0, 0.1) is 0 Å². The highest BCUT2D eigenvalue weighted by Crippen LogP contribution is 2.38. The number of carbonyl (C=O) groups is 2. The van der Waals surface area contributed by atoms with Crippen LogP contribution in [0.4, 0.5) is 5.00 Å². The van der Waals surface area contributed by atoms with E-state index in [1.165, 1.54) is 17.4 Å². The van der Waals surface area contributed by atoms with E-state index in [4.69, 9.17) is 5.73 Å². The van der Waals surface area contributed by atoms with Crippen LogP contribution in [-0.4, -0.2) is 11.8 Å². The lowest BCUT2D eigenvalue weighted by atomic mass is 10.0. The zero-order valence-corrected chi connectivity index (χ0v) is 16.1. The first kappa shape index (κ1) is 18.2. The van der Waals surface area contributed by atoms with Crippen molar-refractivity contribution in [1.82, 2.24) is 0 Å². The summed E-state index contributed by atoms with van der Waals surface area (Å²) >= 11 is 1.46. The number of rotatable bonds is 5. The van der Waals surface area contributed by atoms with Crippen LogP contribution in [0.3, 0.4) is 0 Å². The van der Waals surface area contributed by atoms with E-state index in [2.05, 4.69) is 17.4 Å². The van der Waals surface area contributed by atoms with Crippen LogP contribution in [0.15, 0.2) is 60.7 Å². The molecule has 0 bridgehead atoms. The van der Waals surface area contributed by atoms with Gasteiger partial charge >= 0.3 is 0 Å². The summed E-state index contributed by atoms with van der Waals surface area (Å²) < 4.78 is 0. The van der Waals surface area contributed by atoms with Crippen LogP contribution in [0.25, 0.3) is 17.2 Å². The fourth-order valence-corrected chi connectivity index (χ4v) is 4.79. The molecule has 1 heterocycles. The number of hydrogen-bond acceptors (Lipinski definition) is 3. The Labute approximate surface area is 167 Å². The van der Waals surface area contributed by atoms with E-state index in [9.17, 15) is 9.59 Å². The molecule has 0 saturated heterocycles. The first-order chi connectivity index (χ1) is 13.6. The highest BCUT2D eigenvalue weighted by Gasteiger charge is 2.25. The summed E-state index contributed by atoms with van der Waals surface area (Å²) in [7, 11) is 0. The summed E-state index contributed by atoms with van der Waals surface area (Å²) in [6.45, 7) is 0. The third-order valence-corrected chi connectivity index (χ3v) is 6.06. The topological polar surface area (TPSA) is 72.2 Å². The monoisotopic (exact) mass is 388 g/mol. The van der Waals surface area contributed by atoms with Crippen LogP contribution < -0.4 is 11.1 Å². The lowest BCUT2D eigenvalue weighted by Gasteiger charge is -2.04. The number of nitrogens with two attached hydrogens (primary N) is 1. The van der Waals surface area contributed by atoms with Gasteiger partial charge in [0.1, 0.15) is 5.00 Å². The lowest BCUT2D eigenvalue weighted by molar-refractivity contribution is -0.111. The molecule has 0 atom stereocenters. The van der Waals surface area contributed by atoms with Crippen LogP contribution in [0.1, 0.15) is 32.8 Å². The molecule has 1 aromatic heterocycles. The molecule has 2 amide bonds. The fourth-order valence-electron chi connectivity index (χ4n) is 3.50. The molecule has 0 unspecified atom stereocenters. The van der Waals surface area contributed by atoms with Crippen LogP contribution in [0.5, 0.6) is 0 Å². The molecule has 2 aromatic carbocycles. The number of primary amides is 1. The first-order valence-electron chi connectivity index (χ1n) is 9.21. The van der Waals surface area contributed by atoms with Gasteiger partial charge in [0.2, 0.25) is 5.91 Å². The summed E-state index contributed by atoms with van der Waals surface area (Å²) in [4.78, 5) is 25.3. The third kappa shape index (κ3) is 3.75. The second-order valence-electron chi connectivity index (χ2n) is 6.74. The van der Waals surface area contributed by atoms with E-state index in [1.54, 1.807) is 6.08 Å². The Bertz CT molecular complexity index is 1050. The van der Waals surface area contributed by atoms with Crippen molar-refractivity contribution >= 4 is 34.2 Å². The number of anilines is 1. The molecule has 5 heteroatoms. The van der Waals surface area contributed by atoms with Gasteiger partial charge in [0, 0.05) is 11.0 Å². The van der Waals surface area contributed by atoms with E-state index in [-0.39, 0.29) is 5.91 Å². The van der Waals surface area contributed by atoms with Gasteiger partial charge in [-0.3, -0.25) is 9.59 Å². The van der Waals surface area contributed by atoms with Gasteiger partial charge < -0.3 is 11.1 Å². The largest absolute Gasteiger partial charge is 0.365 e. The van der Waals surface area contributed by atoms with Gasteiger partial charge in [-0.05, 0) is 47.6 Å². The van der Waals surface area contributed by atoms with E-state index in [0.29, 0.717) is 10.6 Å². The van der Waals surface area contributed by atoms with Crippen molar-refractivity contribution in [2.75, 3.05) is 5.32 Å². The SMILES string of the molecule is NC(=O)c1c(NC(=O)/C=C/c2ccc(-c3ccccc3)cc2)sc2c1CCC2. The molecule has 1 aliphatic rings. The average molecular weight is 388 g/mol. The highest BCUT2D eigenvalue weighted by atomic mass is 32.1. The van der Waals surface area contributed by atoms with Gasteiger partial charge in [0.25, 0.3) is 5.91 Å². The molecule has 0 aliphatic heterocycles. The molecule has 0 radical (unpaired) electrons. The van der Waals surface area contributed by atoms with Crippen molar-refractivity contribution < 1.29 is 9.59 Å². The van der Waals surface area contributed by atoms with Crippen LogP contribution in [0.2, 0.25) is 0 Å². The van der Waals surface area contributed by atoms with Crippen molar-refractivity contribution in [2.45, 2.75) is 19.3 Å². The Hall–Kier alpha value is -3.18. The number of thiophene rings is 1. The molecule has 4 rings (SSSR count). The van der Waals surface area contributed by atoms with Crippen molar-refractivity contribution in [3.63, 3.8) is 0 Å². The normalized spacial score (nSPS) is 12.9. The summed E-state index contributed by atoms with van der Waals surface area (Å²) in [6, 6.07) is 18.1. The molecule has 4 nitrogen and oxygen atoms in total. The maximum Gasteiger partial charge on any atom is 0.251 e. The maximum absolute atomic E-state index is 12.3. The maximum atomic E-state index is 12.3. The smallest absolute Gasteiger partial charge is 0.251 e. The Morgan fingerprint density at radius 3 is 2.39 bits per heavy atom. The minimum Gasteiger partial charge on any atom is -0.365 e. The van der Waals surface area contributed by atoms with Crippen molar-refractivity contribution in [3.05, 3.63) is 82.2 Å². The molecule has 28 heavy (non-hydrogen) atoms. The number of fused-ring (bicyclic) bond motifs is 1. The van der Waals surface area contributed by atoms with Crippen LogP contribution >= 0.6 is 11.3 Å². The third-order valence-electron chi connectivity index (χ3n) is 4.85. The van der Waals surface area contributed by atoms with E-state index in [1.807, 2.05) is 42.5 Å². The summed E-state index contributed by atoms with van der Waals surface area (Å²) in [5.74, 6) is -0.746. The van der Waals surface area contributed by atoms with Crippen molar-refractivity contribution in [2.24, 2.45) is 5.73 Å². The number of aryl methyl sites for hydroxylation is 1. The lowest BCUT2D eigenvalue weighted by Crippen LogP contribution is -2.16. The van der Waals surface area contributed by atoms with Gasteiger partial charge in [0.05, 0.1) is 5.56 Å². The van der Waals surface area contributed by atoms with E-state index < -0.39 is 5.91 Å². The molecule has 140 valence electrons. The zero-order chi connectivity index (χ0) is 19.5. The van der Waals surface area contributed by atoms with E-state index >= 15 is 0 Å². The Morgan fingerprint density at radius 1 is 0.964 bits per heavy atom. The standard InChI is InChI=1S/C23H20N2O2S/c24-22(27)21-18-7-4-8-19(18)28-23(21)25-20(26)14-11-15-9-12-17(13-10-15)16-5-2-1-3-6-16/h1-3,5-6,9-14H,4,7-8H2,(H2,24,27)(H,25,26)/b14-11+. The zero-order valence-electron chi connectivity index (χ0n) is 15.3. The van der Waals surface area contributed by atoms with Gasteiger partial charge in [-0.15, -0.1) is 11.3 Å². The molecule has 0 spiro atoms. The Balaban J connectivity index is 1.46. The first-order valence-corrected chi connectivity index (χ1v) is 10.0. The van der Waals surface area contributed by atoms with Gasteiger partial charge in [0.15, 0.2) is 0 Å². The number of nitrogens with one attached hydrogen (secondary N) is 1. The number of amides is 2. The number of carbonyl (C=O) groups excluding carboxylic acids is 2. The molecule has 3 N–H and O–H groups in total. The van der Waals surface area contributed by atoms with Gasteiger partial charge in [-0.2, -0.15) is 0 Å². The van der Waals surface area contributed by atoms with Crippen molar-refractivity contribution in [1.29, 1.82) is 0 Å². The molecule has 1 aliphatic carbocycles. The molecular weight excluding hydrogens is 368 g/mol.